The van der Waals surface area contributed by atoms with Crippen molar-refractivity contribution in [1.29, 1.82) is 0 Å². The van der Waals surface area contributed by atoms with Crippen molar-refractivity contribution in [1.82, 2.24) is 20.4 Å². The number of nitrogens with zero attached hydrogens (tertiary/aromatic N) is 3. The van der Waals surface area contributed by atoms with Crippen molar-refractivity contribution in [2.45, 2.75) is 18.0 Å². The summed E-state index contributed by atoms with van der Waals surface area (Å²) in [4.78, 5) is 4.48. The molecule has 8 heteroatoms. The third kappa shape index (κ3) is 4.82. The Morgan fingerprint density at radius 2 is 1.83 bits per heavy atom. The first-order valence-electron chi connectivity index (χ1n) is 7.10. The molecule has 2 rings (SSSR count). The number of nitrogens with one attached hydrogen (secondary N) is 2. The Morgan fingerprint density at radius 1 is 1.17 bits per heavy atom. The van der Waals surface area contributed by atoms with Gasteiger partial charge < -0.3 is 10.6 Å². The summed E-state index contributed by atoms with van der Waals surface area (Å²) in [6, 6.07) is 8.73. The quantitative estimate of drug-likeness (QED) is 0.620. The highest BCUT2D eigenvalue weighted by molar-refractivity contribution is 7.90. The van der Waals surface area contributed by atoms with E-state index in [-0.39, 0.29) is 0 Å². The Labute approximate surface area is 136 Å². The van der Waals surface area contributed by atoms with Crippen LogP contribution in [0.5, 0.6) is 0 Å². The Morgan fingerprint density at radius 3 is 2.35 bits per heavy atom. The molecule has 7 nitrogen and oxygen atoms in total. The molecule has 0 amide bonds. The van der Waals surface area contributed by atoms with Crippen LogP contribution in [-0.4, -0.2) is 37.5 Å². The highest BCUT2D eigenvalue weighted by Gasteiger charge is 2.06. The third-order valence-corrected chi connectivity index (χ3v) is 4.52. The molecule has 0 aliphatic rings. The summed E-state index contributed by atoms with van der Waals surface area (Å²) in [5.41, 5.74) is 2.02. The van der Waals surface area contributed by atoms with Gasteiger partial charge in [0, 0.05) is 33.1 Å². The van der Waals surface area contributed by atoms with Crippen molar-refractivity contribution < 1.29 is 8.42 Å². The number of sulfone groups is 1. The van der Waals surface area contributed by atoms with Crippen LogP contribution in [0.3, 0.4) is 0 Å². The summed E-state index contributed by atoms with van der Waals surface area (Å²) >= 11 is 0. The molecule has 1 heterocycles. The van der Waals surface area contributed by atoms with Crippen LogP contribution in [0.2, 0.25) is 0 Å². The number of aromatic nitrogens is 2. The summed E-state index contributed by atoms with van der Waals surface area (Å²) in [5, 5.41) is 10.5. The van der Waals surface area contributed by atoms with Crippen molar-refractivity contribution in [3.63, 3.8) is 0 Å². The zero-order chi connectivity index (χ0) is 16.9. The molecule has 0 fully saturated rings. The number of aliphatic imine (C=N–C) groups is 1. The van der Waals surface area contributed by atoms with Gasteiger partial charge in [0.05, 0.1) is 17.1 Å². The van der Waals surface area contributed by atoms with E-state index in [9.17, 15) is 8.42 Å². The van der Waals surface area contributed by atoms with E-state index in [4.69, 9.17) is 0 Å². The van der Waals surface area contributed by atoms with E-state index in [2.05, 4.69) is 20.7 Å². The van der Waals surface area contributed by atoms with Gasteiger partial charge in [-0.2, -0.15) is 5.10 Å². The molecule has 0 saturated heterocycles. The molecular weight excluding hydrogens is 314 g/mol. The van der Waals surface area contributed by atoms with Gasteiger partial charge in [0.2, 0.25) is 0 Å². The normalized spacial score (nSPS) is 12.2. The molecule has 124 valence electrons. The molecule has 1 aromatic carbocycles. The summed E-state index contributed by atoms with van der Waals surface area (Å²) < 4.78 is 24.7. The first kappa shape index (κ1) is 17.0. The molecule has 0 saturated carbocycles. The Hall–Kier alpha value is -2.35. The number of hydrogen-bond acceptors (Lipinski definition) is 4. The van der Waals surface area contributed by atoms with Crippen LogP contribution in [0.1, 0.15) is 11.3 Å². The van der Waals surface area contributed by atoms with Gasteiger partial charge in [-0.25, -0.2) is 8.42 Å². The molecule has 0 aliphatic carbocycles. The van der Waals surface area contributed by atoms with Crippen LogP contribution in [-0.2, 0) is 30.0 Å². The van der Waals surface area contributed by atoms with Crippen LogP contribution in [0.4, 0.5) is 0 Å². The molecule has 2 N–H and O–H groups in total. The van der Waals surface area contributed by atoms with Crippen molar-refractivity contribution in [2.75, 3.05) is 13.3 Å². The number of aryl methyl sites for hydroxylation is 1. The molecule has 0 bridgehead atoms. The van der Waals surface area contributed by atoms with E-state index in [1.807, 2.05) is 13.1 Å². The van der Waals surface area contributed by atoms with Gasteiger partial charge >= 0.3 is 0 Å². The number of hydrogen-bond donors (Lipinski definition) is 2. The fourth-order valence-electron chi connectivity index (χ4n) is 2.01. The molecule has 0 unspecified atom stereocenters. The average molecular weight is 335 g/mol. The number of rotatable bonds is 5. The van der Waals surface area contributed by atoms with Crippen LogP contribution in [0.25, 0.3) is 0 Å². The van der Waals surface area contributed by atoms with E-state index in [1.165, 1.54) is 6.26 Å². The van der Waals surface area contributed by atoms with Crippen molar-refractivity contribution in [3.05, 3.63) is 47.8 Å². The van der Waals surface area contributed by atoms with Crippen LogP contribution < -0.4 is 10.6 Å². The molecule has 1 aromatic heterocycles. The standard InChI is InChI=1S/C15H21N5O2S/c1-16-15(18-11-13-8-9-19-20(13)2)17-10-12-4-6-14(7-5-12)23(3,21)22/h4-9H,10-11H2,1-3H3,(H2,16,17,18). The molecule has 2 aromatic rings. The van der Waals surface area contributed by atoms with E-state index < -0.39 is 9.84 Å². The predicted octanol–water partition coefficient (Wildman–Crippen LogP) is 0.689. The van der Waals surface area contributed by atoms with Crippen LogP contribution in [0, 0.1) is 0 Å². The van der Waals surface area contributed by atoms with Crippen LogP contribution >= 0.6 is 0 Å². The van der Waals surface area contributed by atoms with Crippen LogP contribution in [0.15, 0.2) is 46.4 Å². The Balaban J connectivity index is 1.89. The maximum atomic E-state index is 11.4. The fraction of sp³-hybridized carbons (Fsp3) is 0.333. The molecule has 0 spiro atoms. The first-order valence-corrected chi connectivity index (χ1v) is 8.99. The van der Waals surface area contributed by atoms with Gasteiger partial charge in [0.1, 0.15) is 0 Å². The molecule has 23 heavy (non-hydrogen) atoms. The lowest BCUT2D eigenvalue weighted by atomic mass is 10.2. The van der Waals surface area contributed by atoms with E-state index in [1.54, 1.807) is 42.2 Å². The topological polar surface area (TPSA) is 88.4 Å². The summed E-state index contributed by atoms with van der Waals surface area (Å²) in [6.45, 7) is 1.16. The lowest BCUT2D eigenvalue weighted by Gasteiger charge is -2.12. The Bertz CT molecular complexity index is 778. The van der Waals surface area contributed by atoms with Gasteiger partial charge in [-0.1, -0.05) is 12.1 Å². The Kier molecular flexibility index (Phi) is 5.38. The second kappa shape index (κ2) is 7.28. The zero-order valence-corrected chi connectivity index (χ0v) is 14.3. The maximum absolute atomic E-state index is 11.4. The van der Waals surface area contributed by atoms with E-state index in [0.29, 0.717) is 23.9 Å². The van der Waals surface area contributed by atoms with E-state index >= 15 is 0 Å². The highest BCUT2D eigenvalue weighted by Crippen LogP contribution is 2.10. The second-order valence-electron chi connectivity index (χ2n) is 5.14. The predicted molar refractivity (Wildman–Crippen MR) is 89.8 cm³/mol. The highest BCUT2D eigenvalue weighted by atomic mass is 32.2. The molecule has 0 atom stereocenters. The second-order valence-corrected chi connectivity index (χ2v) is 7.16. The van der Waals surface area contributed by atoms with Crippen molar-refractivity contribution in [2.24, 2.45) is 12.0 Å². The zero-order valence-electron chi connectivity index (χ0n) is 13.4. The van der Waals surface area contributed by atoms with Crippen molar-refractivity contribution in [3.8, 4) is 0 Å². The minimum atomic E-state index is -3.16. The summed E-state index contributed by atoms with van der Waals surface area (Å²) in [7, 11) is 0.427. The number of guanidine groups is 1. The SMILES string of the molecule is CN=C(NCc1ccc(S(C)(=O)=O)cc1)NCc1ccnn1C. The molecular formula is C15H21N5O2S. The van der Waals surface area contributed by atoms with E-state index in [0.717, 1.165) is 11.3 Å². The molecule has 0 aliphatic heterocycles. The summed E-state index contributed by atoms with van der Waals surface area (Å²) in [6.07, 6.45) is 2.95. The average Bonchev–Trinajstić information content (AvgIpc) is 2.92. The minimum Gasteiger partial charge on any atom is -0.352 e. The van der Waals surface area contributed by atoms with Gasteiger partial charge in [-0.05, 0) is 23.8 Å². The first-order chi connectivity index (χ1) is 10.9. The maximum Gasteiger partial charge on any atom is 0.191 e. The fourth-order valence-corrected chi connectivity index (χ4v) is 2.64. The smallest absolute Gasteiger partial charge is 0.191 e. The lowest BCUT2D eigenvalue weighted by molar-refractivity contribution is 0.602. The van der Waals surface area contributed by atoms with Gasteiger partial charge in [0.25, 0.3) is 0 Å². The largest absolute Gasteiger partial charge is 0.352 e. The number of benzene rings is 1. The van der Waals surface area contributed by atoms with Gasteiger partial charge in [-0.3, -0.25) is 9.67 Å². The monoisotopic (exact) mass is 335 g/mol. The molecule has 0 radical (unpaired) electrons. The third-order valence-electron chi connectivity index (χ3n) is 3.39. The van der Waals surface area contributed by atoms with Gasteiger partial charge in [-0.15, -0.1) is 0 Å². The van der Waals surface area contributed by atoms with Gasteiger partial charge in [0.15, 0.2) is 15.8 Å². The van der Waals surface area contributed by atoms with Crippen molar-refractivity contribution >= 4 is 15.8 Å². The summed E-state index contributed by atoms with van der Waals surface area (Å²) in [5.74, 6) is 0.665. The lowest BCUT2D eigenvalue weighted by Crippen LogP contribution is -2.36. The minimum absolute atomic E-state index is 0.319.